The van der Waals surface area contributed by atoms with E-state index in [2.05, 4.69) is 6.07 Å². The molecule has 0 atom stereocenters. The van der Waals surface area contributed by atoms with Crippen LogP contribution in [0.4, 0.5) is 0 Å². The van der Waals surface area contributed by atoms with Gasteiger partial charge >= 0.3 is 5.97 Å². The third-order valence-corrected chi connectivity index (χ3v) is 2.42. The highest BCUT2D eigenvalue weighted by Crippen LogP contribution is 2.19. The van der Waals surface area contributed by atoms with Crippen LogP contribution in [0, 0.1) is 11.3 Å². The largest absolute Gasteiger partial charge is 0.462 e. The minimum absolute atomic E-state index is 0.340. The normalized spacial score (nSPS) is 9.56. The molecule has 0 saturated heterocycles. The van der Waals surface area contributed by atoms with Crippen molar-refractivity contribution in [2.45, 2.75) is 19.8 Å². The average Bonchev–Trinajstić information content (AvgIpc) is 2.27. The van der Waals surface area contributed by atoms with Crippen LogP contribution < -0.4 is 0 Å². The summed E-state index contributed by atoms with van der Waals surface area (Å²) in [5, 5.41) is 8.96. The monoisotopic (exact) mass is 237 g/mol. The maximum Gasteiger partial charge on any atom is 0.338 e. The number of esters is 1. The number of carbonyl (C=O) groups excluding carboxylic acids is 1. The third-order valence-electron chi connectivity index (χ3n) is 2.07. The standard InChI is InChI=1S/C12H12ClNO2/c1-2-16-12(15)10-6-5-9(4-3-7-14)11(13)8-10/h5-6,8H,2-4H2,1H3. The first-order valence-electron chi connectivity index (χ1n) is 5.01. The summed E-state index contributed by atoms with van der Waals surface area (Å²) in [5.41, 5.74) is 1.31. The molecule has 84 valence electrons. The fourth-order valence-electron chi connectivity index (χ4n) is 1.28. The number of benzene rings is 1. The van der Waals surface area contributed by atoms with Crippen molar-refractivity contribution in [3.05, 3.63) is 34.3 Å². The summed E-state index contributed by atoms with van der Waals surface area (Å²) in [6.45, 7) is 2.09. The van der Waals surface area contributed by atoms with Gasteiger partial charge in [0.15, 0.2) is 0 Å². The van der Waals surface area contributed by atoms with Crippen LogP contribution in [-0.4, -0.2) is 12.6 Å². The lowest BCUT2D eigenvalue weighted by atomic mass is 10.1. The summed E-state index contributed by atoms with van der Waals surface area (Å²) in [5.74, 6) is -0.378. The lowest BCUT2D eigenvalue weighted by Crippen LogP contribution is -2.04. The number of hydrogen-bond donors (Lipinski definition) is 0. The van der Waals surface area contributed by atoms with Crippen molar-refractivity contribution >= 4 is 17.6 Å². The molecule has 0 fully saturated rings. The number of carbonyl (C=O) groups is 1. The van der Waals surface area contributed by atoms with E-state index in [4.69, 9.17) is 21.6 Å². The van der Waals surface area contributed by atoms with Gasteiger partial charge < -0.3 is 4.74 Å². The quantitative estimate of drug-likeness (QED) is 0.757. The Morgan fingerprint density at radius 1 is 1.56 bits per heavy atom. The maximum atomic E-state index is 11.4. The molecule has 0 heterocycles. The van der Waals surface area contributed by atoms with Crippen LogP contribution in [0.15, 0.2) is 18.2 Å². The second-order valence-electron chi connectivity index (χ2n) is 3.18. The topological polar surface area (TPSA) is 50.1 Å². The van der Waals surface area contributed by atoms with E-state index in [-0.39, 0.29) is 5.97 Å². The molecule has 0 aromatic heterocycles. The highest BCUT2D eigenvalue weighted by Gasteiger charge is 2.09. The Morgan fingerprint density at radius 2 is 2.31 bits per heavy atom. The Morgan fingerprint density at radius 3 is 2.88 bits per heavy atom. The summed E-state index contributed by atoms with van der Waals surface area (Å²) in [6, 6.07) is 7.05. The van der Waals surface area contributed by atoms with Gasteiger partial charge in [0.05, 0.1) is 18.2 Å². The molecule has 16 heavy (non-hydrogen) atoms. The molecule has 3 nitrogen and oxygen atoms in total. The van der Waals surface area contributed by atoms with Crippen molar-refractivity contribution in [1.82, 2.24) is 0 Å². The minimum Gasteiger partial charge on any atom is -0.462 e. The molecule has 0 aliphatic rings. The first kappa shape index (κ1) is 12.5. The van der Waals surface area contributed by atoms with Crippen LogP contribution in [-0.2, 0) is 11.2 Å². The van der Waals surface area contributed by atoms with Gasteiger partial charge in [-0.15, -0.1) is 0 Å². The van der Waals surface area contributed by atoms with Crippen LogP contribution in [0.25, 0.3) is 0 Å². The molecule has 0 unspecified atom stereocenters. The molecular weight excluding hydrogens is 226 g/mol. The Kier molecular flexibility index (Phi) is 4.81. The van der Waals surface area contributed by atoms with Gasteiger partial charge in [0, 0.05) is 11.4 Å². The Hall–Kier alpha value is -1.53. The number of nitrogens with zero attached hydrogens (tertiary/aromatic N) is 1. The van der Waals surface area contributed by atoms with E-state index in [1.165, 1.54) is 0 Å². The molecule has 0 radical (unpaired) electrons. The van der Waals surface area contributed by atoms with Crippen LogP contribution in [0.5, 0.6) is 0 Å². The SMILES string of the molecule is CCOC(=O)c1ccc(CCC#N)c(Cl)c1. The van der Waals surface area contributed by atoms with E-state index >= 15 is 0 Å². The van der Waals surface area contributed by atoms with E-state index in [0.717, 1.165) is 5.56 Å². The molecule has 0 saturated carbocycles. The number of nitriles is 1. The molecule has 1 aromatic carbocycles. The van der Waals surface area contributed by atoms with Gasteiger partial charge in [-0.3, -0.25) is 0 Å². The van der Waals surface area contributed by atoms with Gasteiger partial charge in [0.2, 0.25) is 0 Å². The van der Waals surface area contributed by atoms with Gasteiger partial charge in [-0.2, -0.15) is 5.26 Å². The van der Waals surface area contributed by atoms with Gasteiger partial charge in [-0.1, -0.05) is 17.7 Å². The summed E-state index contributed by atoms with van der Waals surface area (Å²) in [7, 11) is 0. The van der Waals surface area contributed by atoms with Crippen LogP contribution in [0.3, 0.4) is 0 Å². The van der Waals surface area contributed by atoms with Crippen molar-refractivity contribution < 1.29 is 9.53 Å². The summed E-state index contributed by atoms with van der Waals surface area (Å²) < 4.78 is 4.85. The lowest BCUT2D eigenvalue weighted by molar-refractivity contribution is 0.0526. The van der Waals surface area contributed by atoms with Crippen molar-refractivity contribution in [2.75, 3.05) is 6.61 Å². The first-order chi connectivity index (χ1) is 7.69. The van der Waals surface area contributed by atoms with Crippen LogP contribution in [0.1, 0.15) is 29.3 Å². The molecule has 0 amide bonds. The lowest BCUT2D eigenvalue weighted by Gasteiger charge is -2.05. The molecule has 0 bridgehead atoms. The fourth-order valence-corrected chi connectivity index (χ4v) is 1.56. The number of hydrogen-bond acceptors (Lipinski definition) is 3. The Balaban J connectivity index is 2.83. The molecule has 0 aliphatic heterocycles. The van der Waals surface area contributed by atoms with Gasteiger partial charge in [0.25, 0.3) is 0 Å². The number of rotatable bonds is 4. The van der Waals surface area contributed by atoms with Gasteiger partial charge in [-0.05, 0) is 31.0 Å². The molecule has 0 aliphatic carbocycles. The summed E-state index contributed by atoms with van der Waals surface area (Å²) in [4.78, 5) is 11.4. The molecular formula is C12H12ClNO2. The predicted molar refractivity (Wildman–Crippen MR) is 61.3 cm³/mol. The highest BCUT2D eigenvalue weighted by atomic mass is 35.5. The van der Waals surface area contributed by atoms with Crippen molar-refractivity contribution in [2.24, 2.45) is 0 Å². The zero-order valence-electron chi connectivity index (χ0n) is 9.00. The van der Waals surface area contributed by atoms with Gasteiger partial charge in [0.1, 0.15) is 0 Å². The number of aryl methyl sites for hydroxylation is 1. The van der Waals surface area contributed by atoms with E-state index < -0.39 is 0 Å². The van der Waals surface area contributed by atoms with Gasteiger partial charge in [-0.25, -0.2) is 4.79 Å². The van der Waals surface area contributed by atoms with E-state index in [0.29, 0.717) is 30.0 Å². The maximum absolute atomic E-state index is 11.4. The van der Waals surface area contributed by atoms with E-state index in [1.54, 1.807) is 25.1 Å². The second-order valence-corrected chi connectivity index (χ2v) is 3.59. The molecule has 4 heteroatoms. The minimum atomic E-state index is -0.378. The predicted octanol–water partition coefficient (Wildman–Crippen LogP) is 2.97. The summed E-state index contributed by atoms with van der Waals surface area (Å²) in [6.07, 6.45) is 1.01. The molecule has 0 N–H and O–H groups in total. The smallest absolute Gasteiger partial charge is 0.338 e. The highest BCUT2D eigenvalue weighted by molar-refractivity contribution is 6.31. The average molecular weight is 238 g/mol. The third kappa shape index (κ3) is 3.25. The number of ether oxygens (including phenoxy) is 1. The molecule has 1 aromatic rings. The summed E-state index contributed by atoms with van der Waals surface area (Å²) >= 11 is 5.99. The molecule has 0 spiro atoms. The zero-order valence-corrected chi connectivity index (χ0v) is 9.75. The molecule has 1 rings (SSSR count). The van der Waals surface area contributed by atoms with Crippen LogP contribution in [0.2, 0.25) is 5.02 Å². The Labute approximate surface area is 99.6 Å². The first-order valence-corrected chi connectivity index (χ1v) is 5.39. The van der Waals surface area contributed by atoms with E-state index in [9.17, 15) is 4.79 Å². The Bertz CT molecular complexity index is 424. The fraction of sp³-hybridized carbons (Fsp3) is 0.333. The second kappa shape index (κ2) is 6.14. The number of halogens is 1. The van der Waals surface area contributed by atoms with Crippen molar-refractivity contribution in [3.8, 4) is 6.07 Å². The van der Waals surface area contributed by atoms with Crippen molar-refractivity contribution in [3.63, 3.8) is 0 Å². The zero-order chi connectivity index (χ0) is 12.0. The van der Waals surface area contributed by atoms with E-state index in [1.807, 2.05) is 0 Å². The van der Waals surface area contributed by atoms with Crippen LogP contribution >= 0.6 is 11.6 Å². The van der Waals surface area contributed by atoms with Crippen molar-refractivity contribution in [1.29, 1.82) is 5.26 Å².